The Morgan fingerprint density at radius 1 is 1.18 bits per heavy atom. The summed E-state index contributed by atoms with van der Waals surface area (Å²) in [5, 5.41) is 5.97. The molecule has 0 atom stereocenters. The fourth-order valence-electron chi connectivity index (χ4n) is 1.93. The van der Waals surface area contributed by atoms with Crippen LogP contribution in [0.3, 0.4) is 0 Å². The number of aryl methyl sites for hydroxylation is 2. The summed E-state index contributed by atoms with van der Waals surface area (Å²) < 4.78 is 1.04. The minimum Gasteiger partial charge on any atom is -0.349 e. The van der Waals surface area contributed by atoms with Gasteiger partial charge in [-0.1, -0.05) is 15.9 Å². The molecule has 0 radical (unpaired) electrons. The molecule has 0 saturated heterocycles. The van der Waals surface area contributed by atoms with Gasteiger partial charge in [0, 0.05) is 21.9 Å². The number of benzene rings is 1. The zero-order valence-corrected chi connectivity index (χ0v) is 14.7. The second-order valence-electron chi connectivity index (χ2n) is 5.44. The highest BCUT2D eigenvalue weighted by Gasteiger charge is 2.11. The molecule has 0 saturated carbocycles. The normalized spacial score (nSPS) is 10.6. The molecule has 0 bridgehead atoms. The van der Waals surface area contributed by atoms with E-state index < -0.39 is 0 Å². The molecule has 0 unspecified atom stereocenters. The van der Waals surface area contributed by atoms with Crippen LogP contribution in [-0.2, 0) is 0 Å². The Labute approximate surface area is 138 Å². The Kier molecular flexibility index (Phi) is 5.13. The SMILES string of the molecule is Cc1cc(C(=O)NC(C)C)nc(Nc2ccc(Br)c(C)c2)n1. The van der Waals surface area contributed by atoms with Crippen LogP contribution in [0, 0.1) is 13.8 Å². The molecule has 1 amide bonds. The first-order valence-corrected chi connectivity index (χ1v) is 7.84. The van der Waals surface area contributed by atoms with Crippen LogP contribution >= 0.6 is 15.9 Å². The molecule has 116 valence electrons. The Hall–Kier alpha value is -1.95. The lowest BCUT2D eigenvalue weighted by Crippen LogP contribution is -2.31. The van der Waals surface area contributed by atoms with Gasteiger partial charge in [0.1, 0.15) is 5.69 Å². The van der Waals surface area contributed by atoms with Gasteiger partial charge in [0.15, 0.2) is 0 Å². The fraction of sp³-hybridized carbons (Fsp3) is 0.312. The van der Waals surface area contributed by atoms with Gasteiger partial charge >= 0.3 is 0 Å². The number of amides is 1. The zero-order chi connectivity index (χ0) is 16.3. The average molecular weight is 363 g/mol. The Balaban J connectivity index is 2.26. The molecule has 1 heterocycles. The second-order valence-corrected chi connectivity index (χ2v) is 6.29. The van der Waals surface area contributed by atoms with E-state index in [1.54, 1.807) is 6.07 Å². The van der Waals surface area contributed by atoms with Gasteiger partial charge in [0.25, 0.3) is 5.91 Å². The van der Waals surface area contributed by atoms with Gasteiger partial charge in [-0.15, -0.1) is 0 Å². The van der Waals surface area contributed by atoms with Crippen molar-refractivity contribution in [1.29, 1.82) is 0 Å². The van der Waals surface area contributed by atoms with Crippen LogP contribution in [0.15, 0.2) is 28.7 Å². The highest BCUT2D eigenvalue weighted by molar-refractivity contribution is 9.10. The number of nitrogens with zero attached hydrogens (tertiary/aromatic N) is 2. The van der Waals surface area contributed by atoms with Crippen LogP contribution in [0.5, 0.6) is 0 Å². The van der Waals surface area contributed by atoms with Crippen LogP contribution in [-0.4, -0.2) is 21.9 Å². The molecule has 6 heteroatoms. The van der Waals surface area contributed by atoms with Gasteiger partial charge in [0.05, 0.1) is 0 Å². The van der Waals surface area contributed by atoms with E-state index in [1.807, 2.05) is 45.9 Å². The number of hydrogen-bond donors (Lipinski definition) is 2. The van der Waals surface area contributed by atoms with E-state index in [2.05, 4.69) is 36.5 Å². The third-order valence-corrected chi connectivity index (χ3v) is 3.81. The van der Waals surface area contributed by atoms with E-state index >= 15 is 0 Å². The lowest BCUT2D eigenvalue weighted by molar-refractivity contribution is 0.0938. The maximum atomic E-state index is 12.1. The van der Waals surface area contributed by atoms with Crippen molar-refractivity contribution in [3.8, 4) is 0 Å². The van der Waals surface area contributed by atoms with Crippen LogP contribution in [0.2, 0.25) is 0 Å². The molecule has 1 aromatic heterocycles. The summed E-state index contributed by atoms with van der Waals surface area (Å²) in [5.74, 6) is 0.214. The van der Waals surface area contributed by atoms with Crippen molar-refractivity contribution >= 4 is 33.5 Å². The van der Waals surface area contributed by atoms with Crippen molar-refractivity contribution in [3.05, 3.63) is 45.7 Å². The summed E-state index contributed by atoms with van der Waals surface area (Å²) in [5.41, 5.74) is 3.08. The molecule has 0 aliphatic rings. The highest BCUT2D eigenvalue weighted by Crippen LogP contribution is 2.22. The predicted molar refractivity (Wildman–Crippen MR) is 91.5 cm³/mol. The minimum atomic E-state index is -0.199. The summed E-state index contributed by atoms with van der Waals surface area (Å²) in [7, 11) is 0. The topological polar surface area (TPSA) is 66.9 Å². The van der Waals surface area contributed by atoms with Crippen molar-refractivity contribution in [2.45, 2.75) is 33.7 Å². The number of rotatable bonds is 4. The number of carbonyl (C=O) groups excluding carboxylic acids is 1. The third-order valence-electron chi connectivity index (χ3n) is 2.92. The first kappa shape index (κ1) is 16.4. The number of aromatic nitrogens is 2. The van der Waals surface area contributed by atoms with E-state index in [-0.39, 0.29) is 11.9 Å². The van der Waals surface area contributed by atoms with E-state index in [1.165, 1.54) is 0 Å². The monoisotopic (exact) mass is 362 g/mol. The second kappa shape index (κ2) is 6.87. The van der Waals surface area contributed by atoms with Gasteiger partial charge in [-0.3, -0.25) is 4.79 Å². The van der Waals surface area contributed by atoms with Crippen molar-refractivity contribution in [3.63, 3.8) is 0 Å². The number of halogens is 1. The van der Waals surface area contributed by atoms with E-state index in [4.69, 9.17) is 0 Å². The van der Waals surface area contributed by atoms with Gasteiger partial charge in [0.2, 0.25) is 5.95 Å². The molecule has 2 aromatic rings. The average Bonchev–Trinajstić information content (AvgIpc) is 2.41. The Morgan fingerprint density at radius 2 is 1.91 bits per heavy atom. The zero-order valence-electron chi connectivity index (χ0n) is 13.1. The maximum Gasteiger partial charge on any atom is 0.270 e. The maximum absolute atomic E-state index is 12.1. The van der Waals surface area contributed by atoms with Crippen LogP contribution in [0.4, 0.5) is 11.6 Å². The number of carbonyl (C=O) groups is 1. The summed E-state index contributed by atoms with van der Waals surface area (Å²) in [6.45, 7) is 7.67. The van der Waals surface area contributed by atoms with Gasteiger partial charge < -0.3 is 10.6 Å². The molecule has 0 aliphatic heterocycles. The molecule has 1 aromatic carbocycles. The molecule has 2 rings (SSSR count). The molecule has 0 aliphatic carbocycles. The number of anilines is 2. The molecule has 0 fully saturated rings. The third kappa shape index (κ3) is 4.27. The van der Waals surface area contributed by atoms with Crippen molar-refractivity contribution in [1.82, 2.24) is 15.3 Å². The smallest absolute Gasteiger partial charge is 0.270 e. The summed E-state index contributed by atoms with van der Waals surface area (Å²) in [4.78, 5) is 20.7. The van der Waals surface area contributed by atoms with Gasteiger partial charge in [-0.25, -0.2) is 9.97 Å². The number of nitrogens with one attached hydrogen (secondary N) is 2. The molecule has 22 heavy (non-hydrogen) atoms. The first-order valence-electron chi connectivity index (χ1n) is 7.05. The quantitative estimate of drug-likeness (QED) is 0.869. The van der Waals surface area contributed by atoms with Crippen LogP contribution in [0.1, 0.15) is 35.6 Å². The molecule has 0 spiro atoms. The lowest BCUT2D eigenvalue weighted by Gasteiger charge is -2.11. The largest absolute Gasteiger partial charge is 0.349 e. The van der Waals surface area contributed by atoms with Crippen molar-refractivity contribution in [2.75, 3.05) is 5.32 Å². The standard InChI is InChI=1S/C16H19BrN4O/c1-9(2)18-15(22)14-8-11(4)19-16(21-14)20-12-5-6-13(17)10(3)7-12/h5-9H,1-4H3,(H,18,22)(H,19,20,21). The Morgan fingerprint density at radius 3 is 2.55 bits per heavy atom. The van der Waals surface area contributed by atoms with Gasteiger partial charge in [-0.2, -0.15) is 0 Å². The molecular weight excluding hydrogens is 344 g/mol. The lowest BCUT2D eigenvalue weighted by atomic mass is 10.2. The summed E-state index contributed by atoms with van der Waals surface area (Å²) in [6, 6.07) is 7.61. The molecule has 2 N–H and O–H groups in total. The van der Waals surface area contributed by atoms with E-state index in [9.17, 15) is 4.79 Å². The van der Waals surface area contributed by atoms with Gasteiger partial charge in [-0.05, 0) is 57.5 Å². The Bertz CT molecular complexity index is 701. The van der Waals surface area contributed by atoms with E-state index in [0.29, 0.717) is 11.6 Å². The fourth-order valence-corrected chi connectivity index (χ4v) is 2.18. The van der Waals surface area contributed by atoms with Crippen LogP contribution in [0.25, 0.3) is 0 Å². The number of hydrogen-bond acceptors (Lipinski definition) is 4. The predicted octanol–water partition coefficient (Wildman–Crippen LogP) is 3.74. The first-order chi connectivity index (χ1) is 10.3. The van der Waals surface area contributed by atoms with Crippen molar-refractivity contribution in [2.24, 2.45) is 0 Å². The highest BCUT2D eigenvalue weighted by atomic mass is 79.9. The van der Waals surface area contributed by atoms with E-state index in [0.717, 1.165) is 21.4 Å². The summed E-state index contributed by atoms with van der Waals surface area (Å²) >= 11 is 3.47. The summed E-state index contributed by atoms with van der Waals surface area (Å²) in [6.07, 6.45) is 0. The molecular formula is C16H19BrN4O. The van der Waals surface area contributed by atoms with Crippen molar-refractivity contribution < 1.29 is 4.79 Å². The van der Waals surface area contributed by atoms with Crippen LogP contribution < -0.4 is 10.6 Å². The molecule has 5 nitrogen and oxygen atoms in total. The minimum absolute atomic E-state index is 0.0632.